The van der Waals surface area contributed by atoms with E-state index in [-0.39, 0.29) is 23.0 Å². The lowest BCUT2D eigenvalue weighted by Crippen LogP contribution is -2.34. The Kier molecular flexibility index (Phi) is 8.45. The molecule has 1 fully saturated rings. The van der Waals surface area contributed by atoms with Gasteiger partial charge in [-0.15, -0.1) is 0 Å². The van der Waals surface area contributed by atoms with E-state index in [2.05, 4.69) is 5.32 Å². The van der Waals surface area contributed by atoms with Gasteiger partial charge in [0.1, 0.15) is 5.75 Å². The van der Waals surface area contributed by atoms with Crippen LogP contribution in [0.15, 0.2) is 60.7 Å². The molecule has 7 nitrogen and oxygen atoms in total. The third kappa shape index (κ3) is 7.08. The smallest absolute Gasteiger partial charge is 0.416 e. The molecule has 1 aliphatic rings. The van der Waals surface area contributed by atoms with E-state index in [1.54, 1.807) is 7.05 Å². The van der Waals surface area contributed by atoms with Crippen molar-refractivity contribution in [1.29, 1.82) is 0 Å². The quantitative estimate of drug-likeness (QED) is 0.172. The van der Waals surface area contributed by atoms with E-state index in [1.807, 2.05) is 4.90 Å². The molecular weight excluding hydrogens is 556 g/mol. The van der Waals surface area contributed by atoms with Gasteiger partial charge in [0, 0.05) is 24.7 Å². The SMILES string of the molecule is CN(c1ccc(C(F)(F)F)cc1NC(=O)c1cccc(Oc2ccc(C(F)(F)F)cc2[N+](=O)[O-])c1)C1CCCCC1. The van der Waals surface area contributed by atoms with Crippen LogP contribution in [-0.4, -0.2) is 23.9 Å². The summed E-state index contributed by atoms with van der Waals surface area (Å²) in [4.78, 5) is 25.4. The van der Waals surface area contributed by atoms with Crippen molar-refractivity contribution in [2.45, 2.75) is 50.5 Å². The molecule has 41 heavy (non-hydrogen) atoms. The van der Waals surface area contributed by atoms with E-state index in [0.717, 1.165) is 50.3 Å². The fraction of sp³-hybridized carbons (Fsp3) is 0.321. The molecule has 0 unspecified atom stereocenters. The largest absolute Gasteiger partial charge is 0.450 e. The number of nitrogens with zero attached hydrogens (tertiary/aromatic N) is 2. The van der Waals surface area contributed by atoms with Crippen LogP contribution in [0.4, 0.5) is 43.4 Å². The average molecular weight is 582 g/mol. The minimum Gasteiger partial charge on any atom is -0.450 e. The molecule has 0 aliphatic heterocycles. The third-order valence-electron chi connectivity index (χ3n) is 6.88. The number of alkyl halides is 6. The van der Waals surface area contributed by atoms with E-state index in [9.17, 15) is 41.3 Å². The minimum atomic E-state index is -4.81. The summed E-state index contributed by atoms with van der Waals surface area (Å²) in [6.07, 6.45) is -4.68. The van der Waals surface area contributed by atoms with Gasteiger partial charge in [-0.25, -0.2) is 0 Å². The molecule has 0 bridgehead atoms. The molecule has 1 N–H and O–H groups in total. The summed E-state index contributed by atoms with van der Waals surface area (Å²) in [7, 11) is 1.76. The number of hydrogen-bond donors (Lipinski definition) is 1. The summed E-state index contributed by atoms with van der Waals surface area (Å²) < 4.78 is 85.0. The van der Waals surface area contributed by atoms with E-state index >= 15 is 0 Å². The van der Waals surface area contributed by atoms with Crippen LogP contribution in [0.2, 0.25) is 0 Å². The number of nitro benzene ring substituents is 1. The summed E-state index contributed by atoms with van der Waals surface area (Å²) in [5, 5.41) is 13.9. The summed E-state index contributed by atoms with van der Waals surface area (Å²) >= 11 is 0. The highest BCUT2D eigenvalue weighted by Crippen LogP contribution is 2.39. The second-order valence-electron chi connectivity index (χ2n) is 9.65. The van der Waals surface area contributed by atoms with E-state index in [0.29, 0.717) is 17.8 Å². The zero-order chi connectivity index (χ0) is 29.9. The number of anilines is 2. The molecule has 0 atom stereocenters. The van der Waals surface area contributed by atoms with Gasteiger partial charge in [-0.05, 0) is 61.4 Å². The molecular formula is C28H25F6N3O4. The molecule has 1 saturated carbocycles. The van der Waals surface area contributed by atoms with Gasteiger partial charge in [-0.1, -0.05) is 25.3 Å². The van der Waals surface area contributed by atoms with E-state index in [1.165, 1.54) is 30.3 Å². The fourth-order valence-electron chi connectivity index (χ4n) is 4.73. The van der Waals surface area contributed by atoms with Crippen LogP contribution >= 0.6 is 0 Å². The van der Waals surface area contributed by atoms with Crippen LogP contribution in [-0.2, 0) is 12.4 Å². The van der Waals surface area contributed by atoms with Crippen molar-refractivity contribution in [2.24, 2.45) is 0 Å². The zero-order valence-corrected chi connectivity index (χ0v) is 21.7. The Morgan fingerprint density at radius 2 is 1.56 bits per heavy atom. The maximum Gasteiger partial charge on any atom is 0.416 e. The summed E-state index contributed by atoms with van der Waals surface area (Å²) in [6.45, 7) is 0. The molecule has 3 aromatic rings. The van der Waals surface area contributed by atoms with Gasteiger partial charge >= 0.3 is 18.0 Å². The highest BCUT2D eigenvalue weighted by atomic mass is 19.4. The third-order valence-corrected chi connectivity index (χ3v) is 6.88. The first kappa shape index (κ1) is 29.7. The predicted molar refractivity (Wildman–Crippen MR) is 139 cm³/mol. The Balaban J connectivity index is 1.61. The Morgan fingerprint density at radius 3 is 2.20 bits per heavy atom. The molecule has 3 aromatic carbocycles. The van der Waals surface area contributed by atoms with Gasteiger partial charge in [0.2, 0.25) is 5.75 Å². The number of carbonyl (C=O) groups is 1. The summed E-state index contributed by atoms with van der Waals surface area (Å²) in [5.41, 5.74) is -2.82. The van der Waals surface area contributed by atoms with Crippen LogP contribution in [0.5, 0.6) is 11.5 Å². The molecule has 0 aromatic heterocycles. The van der Waals surface area contributed by atoms with Gasteiger partial charge < -0.3 is 15.0 Å². The number of ether oxygens (including phenoxy) is 1. The van der Waals surface area contributed by atoms with Crippen molar-refractivity contribution in [3.63, 3.8) is 0 Å². The summed E-state index contributed by atoms with van der Waals surface area (Å²) in [6, 6.07) is 10.2. The van der Waals surface area contributed by atoms with Crippen LogP contribution < -0.4 is 15.0 Å². The predicted octanol–water partition coefficient (Wildman–Crippen LogP) is 8.45. The number of halogens is 6. The number of nitrogens with one attached hydrogen (secondary N) is 1. The molecule has 0 spiro atoms. The van der Waals surface area contributed by atoms with E-state index in [4.69, 9.17) is 4.74 Å². The normalized spacial score (nSPS) is 14.4. The number of nitro groups is 1. The zero-order valence-electron chi connectivity index (χ0n) is 21.7. The monoisotopic (exact) mass is 581 g/mol. The number of carbonyl (C=O) groups excluding carboxylic acids is 1. The number of amides is 1. The van der Waals surface area contributed by atoms with Crippen molar-refractivity contribution in [3.8, 4) is 11.5 Å². The highest BCUT2D eigenvalue weighted by Gasteiger charge is 2.34. The number of rotatable bonds is 7. The first-order chi connectivity index (χ1) is 19.2. The second kappa shape index (κ2) is 11.7. The molecule has 218 valence electrons. The molecule has 13 heteroatoms. The lowest BCUT2D eigenvalue weighted by Gasteiger charge is -2.34. The molecule has 0 radical (unpaired) electrons. The van der Waals surface area contributed by atoms with Gasteiger partial charge in [-0.2, -0.15) is 26.3 Å². The Labute approximate surface area is 230 Å². The Bertz CT molecular complexity index is 1440. The van der Waals surface area contributed by atoms with Crippen molar-refractivity contribution in [3.05, 3.63) is 87.5 Å². The van der Waals surface area contributed by atoms with Crippen LogP contribution in [0.25, 0.3) is 0 Å². The highest BCUT2D eigenvalue weighted by molar-refractivity contribution is 6.06. The molecule has 0 heterocycles. The molecule has 1 aliphatic carbocycles. The fourth-order valence-corrected chi connectivity index (χ4v) is 4.73. The van der Waals surface area contributed by atoms with Gasteiger partial charge in [0.25, 0.3) is 5.91 Å². The maximum atomic E-state index is 13.5. The Morgan fingerprint density at radius 1 is 0.927 bits per heavy atom. The van der Waals surface area contributed by atoms with Crippen molar-refractivity contribution in [2.75, 3.05) is 17.3 Å². The summed E-state index contributed by atoms with van der Waals surface area (Å²) in [5.74, 6) is -1.38. The maximum absolute atomic E-state index is 13.5. The molecule has 1 amide bonds. The van der Waals surface area contributed by atoms with E-state index < -0.39 is 45.7 Å². The standard InChI is InChI=1S/C28H25F6N3O4/c1-36(20-7-3-2-4-8-20)23-12-10-18(27(29,30)31)15-22(23)35-26(38)17-6-5-9-21(14-17)41-25-13-11-19(28(32,33)34)16-24(25)37(39)40/h5-6,9-16,20H,2-4,7-8H2,1H3,(H,35,38). The van der Waals surface area contributed by atoms with Gasteiger partial charge in [0.15, 0.2) is 0 Å². The lowest BCUT2D eigenvalue weighted by atomic mass is 9.94. The number of hydrogen-bond acceptors (Lipinski definition) is 5. The Hall–Kier alpha value is -4.29. The second-order valence-corrected chi connectivity index (χ2v) is 9.65. The average Bonchev–Trinajstić information content (AvgIpc) is 2.92. The van der Waals surface area contributed by atoms with Crippen LogP contribution in [0.3, 0.4) is 0 Å². The van der Waals surface area contributed by atoms with Crippen molar-refractivity contribution < 1.29 is 40.8 Å². The minimum absolute atomic E-state index is 0.0532. The first-order valence-corrected chi connectivity index (χ1v) is 12.6. The molecule has 4 rings (SSSR count). The van der Waals surface area contributed by atoms with Crippen LogP contribution in [0, 0.1) is 10.1 Å². The van der Waals surface area contributed by atoms with Crippen LogP contribution in [0.1, 0.15) is 53.6 Å². The first-order valence-electron chi connectivity index (χ1n) is 12.6. The number of benzene rings is 3. The van der Waals surface area contributed by atoms with Gasteiger partial charge in [-0.3, -0.25) is 14.9 Å². The topological polar surface area (TPSA) is 84.7 Å². The van der Waals surface area contributed by atoms with Gasteiger partial charge in [0.05, 0.1) is 27.4 Å². The van der Waals surface area contributed by atoms with Crippen molar-refractivity contribution in [1.82, 2.24) is 0 Å². The lowest BCUT2D eigenvalue weighted by molar-refractivity contribution is -0.385. The molecule has 0 saturated heterocycles. The van der Waals surface area contributed by atoms with Crippen molar-refractivity contribution >= 4 is 23.0 Å².